The Morgan fingerprint density at radius 2 is 1.63 bits per heavy atom. The van der Waals surface area contributed by atoms with Crippen LogP contribution < -0.4 is 4.90 Å². The van der Waals surface area contributed by atoms with E-state index in [9.17, 15) is 18.0 Å². The van der Waals surface area contributed by atoms with Gasteiger partial charge in [-0.3, -0.25) is 4.79 Å². The number of carboxylic acid groups (broad SMARTS) is 1. The first-order valence-corrected chi connectivity index (χ1v) is 9.79. The van der Waals surface area contributed by atoms with Gasteiger partial charge in [0.2, 0.25) is 10.0 Å². The number of hydrogen-bond acceptors (Lipinski definition) is 6. The van der Waals surface area contributed by atoms with Gasteiger partial charge in [0.1, 0.15) is 5.82 Å². The Balaban J connectivity index is 1.72. The van der Waals surface area contributed by atoms with E-state index >= 15 is 0 Å². The Morgan fingerprint density at radius 1 is 1.00 bits per heavy atom. The van der Waals surface area contributed by atoms with Crippen LogP contribution >= 0.6 is 0 Å². The molecule has 1 aromatic carbocycles. The first-order valence-electron chi connectivity index (χ1n) is 8.35. The Hall–Kier alpha value is -2.78. The van der Waals surface area contributed by atoms with Crippen LogP contribution in [0.2, 0.25) is 0 Å². The van der Waals surface area contributed by atoms with Gasteiger partial charge in [-0.25, -0.2) is 18.2 Å². The zero-order valence-corrected chi connectivity index (χ0v) is 15.5. The fourth-order valence-electron chi connectivity index (χ4n) is 2.89. The van der Waals surface area contributed by atoms with Gasteiger partial charge in [-0.15, -0.1) is 0 Å². The monoisotopic (exact) mass is 389 g/mol. The number of nitrogens with zero attached hydrogens (tertiary/aromatic N) is 3. The van der Waals surface area contributed by atoms with Gasteiger partial charge >= 0.3 is 5.97 Å². The van der Waals surface area contributed by atoms with Crippen LogP contribution in [0.3, 0.4) is 0 Å². The van der Waals surface area contributed by atoms with E-state index in [0.29, 0.717) is 24.5 Å². The second-order valence-corrected chi connectivity index (χ2v) is 8.10. The molecular weight excluding hydrogens is 370 g/mol. The lowest BCUT2D eigenvalue weighted by atomic mass is 10.2. The molecule has 0 atom stereocenters. The average molecular weight is 389 g/mol. The third-order valence-corrected chi connectivity index (χ3v) is 6.33. The number of aromatic carboxylic acids is 1. The number of aromatic nitrogens is 1. The molecule has 1 aliphatic rings. The predicted molar refractivity (Wildman–Crippen MR) is 98.6 cm³/mol. The lowest BCUT2D eigenvalue weighted by Crippen LogP contribution is -2.49. The van der Waals surface area contributed by atoms with Gasteiger partial charge in [0.25, 0.3) is 0 Å². The van der Waals surface area contributed by atoms with Crippen LogP contribution in [0.15, 0.2) is 47.4 Å². The molecule has 0 saturated carbocycles. The van der Waals surface area contributed by atoms with Gasteiger partial charge < -0.3 is 10.0 Å². The van der Waals surface area contributed by atoms with Crippen molar-refractivity contribution in [2.24, 2.45) is 0 Å². The molecule has 0 spiro atoms. The van der Waals surface area contributed by atoms with Crippen LogP contribution in [0.25, 0.3) is 0 Å². The summed E-state index contributed by atoms with van der Waals surface area (Å²) in [6.45, 7) is 2.75. The summed E-state index contributed by atoms with van der Waals surface area (Å²) in [6, 6.07) is 10.6. The topological polar surface area (TPSA) is 108 Å². The zero-order valence-electron chi connectivity index (χ0n) is 14.7. The van der Waals surface area contributed by atoms with E-state index in [1.54, 1.807) is 12.1 Å². The Bertz CT molecular complexity index is 965. The number of pyridine rings is 1. The maximum Gasteiger partial charge on any atom is 0.354 e. The Labute approximate surface area is 157 Å². The number of Topliss-reactive ketones (excluding diaryl/α,β-unsaturated/α-hetero) is 1. The van der Waals surface area contributed by atoms with E-state index in [1.165, 1.54) is 41.6 Å². The molecule has 2 aromatic rings. The average Bonchev–Trinajstić information content (AvgIpc) is 2.68. The Kier molecular flexibility index (Phi) is 5.24. The number of anilines is 1. The van der Waals surface area contributed by atoms with Crippen molar-refractivity contribution in [1.82, 2.24) is 9.29 Å². The summed E-state index contributed by atoms with van der Waals surface area (Å²) in [6.07, 6.45) is 0. The van der Waals surface area contributed by atoms with Gasteiger partial charge in [0.05, 0.1) is 4.90 Å². The lowest BCUT2D eigenvalue weighted by molar-refractivity contribution is 0.0690. The third kappa shape index (κ3) is 3.99. The molecule has 1 aliphatic heterocycles. The van der Waals surface area contributed by atoms with E-state index in [0.717, 1.165) is 0 Å². The van der Waals surface area contributed by atoms with Crippen LogP contribution in [0, 0.1) is 0 Å². The van der Waals surface area contributed by atoms with Crippen molar-refractivity contribution in [3.05, 3.63) is 53.7 Å². The largest absolute Gasteiger partial charge is 0.477 e. The number of piperazine rings is 1. The Morgan fingerprint density at radius 3 is 2.19 bits per heavy atom. The van der Waals surface area contributed by atoms with Crippen molar-refractivity contribution in [2.75, 3.05) is 31.1 Å². The summed E-state index contributed by atoms with van der Waals surface area (Å²) < 4.78 is 27.0. The number of carboxylic acids is 1. The molecule has 1 fully saturated rings. The highest BCUT2D eigenvalue weighted by molar-refractivity contribution is 7.89. The maximum atomic E-state index is 12.8. The number of sulfonamides is 1. The lowest BCUT2D eigenvalue weighted by Gasteiger charge is -2.34. The van der Waals surface area contributed by atoms with Crippen molar-refractivity contribution < 1.29 is 23.1 Å². The smallest absolute Gasteiger partial charge is 0.354 e. The maximum absolute atomic E-state index is 12.8. The van der Waals surface area contributed by atoms with Gasteiger partial charge in [0, 0.05) is 31.7 Å². The van der Waals surface area contributed by atoms with E-state index in [4.69, 9.17) is 5.11 Å². The highest BCUT2D eigenvalue weighted by atomic mass is 32.2. The normalized spacial score (nSPS) is 15.5. The molecule has 1 saturated heterocycles. The minimum absolute atomic E-state index is 0.0480. The summed E-state index contributed by atoms with van der Waals surface area (Å²) in [5.74, 6) is -0.714. The molecule has 3 rings (SSSR count). The van der Waals surface area contributed by atoms with E-state index < -0.39 is 16.0 Å². The molecule has 0 bridgehead atoms. The van der Waals surface area contributed by atoms with E-state index in [1.807, 2.05) is 4.90 Å². The fourth-order valence-corrected chi connectivity index (χ4v) is 4.31. The summed E-state index contributed by atoms with van der Waals surface area (Å²) >= 11 is 0. The minimum atomic E-state index is -3.65. The predicted octanol–water partition coefficient (Wildman–Crippen LogP) is 1.49. The molecule has 9 heteroatoms. The standard InChI is InChI=1S/C18H19N3O5S/c1-13(22)14-5-7-15(8-6-14)27(25,26)21-11-9-20(10-12-21)17-4-2-3-16(19-17)18(23)24/h2-8H,9-12H2,1H3,(H,23,24). The highest BCUT2D eigenvalue weighted by Crippen LogP contribution is 2.21. The number of carbonyl (C=O) groups is 2. The molecule has 2 heterocycles. The zero-order chi connectivity index (χ0) is 19.6. The quantitative estimate of drug-likeness (QED) is 0.772. The molecule has 8 nitrogen and oxygen atoms in total. The number of benzene rings is 1. The first kappa shape index (κ1) is 19.0. The molecular formula is C18H19N3O5S. The van der Waals surface area contributed by atoms with Crippen molar-refractivity contribution in [2.45, 2.75) is 11.8 Å². The molecule has 0 radical (unpaired) electrons. The van der Waals surface area contributed by atoms with Crippen LogP contribution in [-0.4, -0.2) is 60.7 Å². The molecule has 1 N–H and O–H groups in total. The number of carbonyl (C=O) groups excluding carboxylic acids is 1. The van der Waals surface area contributed by atoms with Gasteiger partial charge in [-0.1, -0.05) is 18.2 Å². The summed E-state index contributed by atoms with van der Waals surface area (Å²) in [4.78, 5) is 28.5. The second-order valence-electron chi connectivity index (χ2n) is 6.16. The highest BCUT2D eigenvalue weighted by Gasteiger charge is 2.29. The van der Waals surface area contributed by atoms with Crippen molar-refractivity contribution in [3.8, 4) is 0 Å². The van der Waals surface area contributed by atoms with Gasteiger partial charge in [-0.05, 0) is 31.2 Å². The van der Waals surface area contributed by atoms with Crippen molar-refractivity contribution >= 4 is 27.6 Å². The number of ketones is 1. The molecule has 142 valence electrons. The van der Waals surface area contributed by atoms with E-state index in [-0.39, 0.29) is 29.5 Å². The molecule has 0 amide bonds. The number of rotatable bonds is 5. The summed E-state index contributed by atoms with van der Waals surface area (Å²) in [7, 11) is -3.65. The summed E-state index contributed by atoms with van der Waals surface area (Å²) in [5, 5.41) is 9.05. The van der Waals surface area contributed by atoms with Gasteiger partial charge in [-0.2, -0.15) is 4.31 Å². The minimum Gasteiger partial charge on any atom is -0.477 e. The molecule has 0 unspecified atom stereocenters. The van der Waals surface area contributed by atoms with Crippen LogP contribution in [-0.2, 0) is 10.0 Å². The van der Waals surface area contributed by atoms with Gasteiger partial charge in [0.15, 0.2) is 11.5 Å². The van der Waals surface area contributed by atoms with Crippen molar-refractivity contribution in [3.63, 3.8) is 0 Å². The second kappa shape index (κ2) is 7.45. The third-order valence-electron chi connectivity index (χ3n) is 4.41. The SMILES string of the molecule is CC(=O)c1ccc(S(=O)(=O)N2CCN(c3cccc(C(=O)O)n3)CC2)cc1. The molecule has 27 heavy (non-hydrogen) atoms. The van der Waals surface area contributed by atoms with Crippen LogP contribution in [0.5, 0.6) is 0 Å². The summed E-state index contributed by atoms with van der Waals surface area (Å²) in [5.41, 5.74) is 0.413. The molecule has 0 aliphatic carbocycles. The van der Waals surface area contributed by atoms with Crippen LogP contribution in [0.4, 0.5) is 5.82 Å². The van der Waals surface area contributed by atoms with E-state index in [2.05, 4.69) is 4.98 Å². The fraction of sp³-hybridized carbons (Fsp3) is 0.278. The van der Waals surface area contributed by atoms with Crippen LogP contribution in [0.1, 0.15) is 27.8 Å². The first-order chi connectivity index (χ1) is 12.8. The molecule has 1 aromatic heterocycles. The number of hydrogen-bond donors (Lipinski definition) is 1. The van der Waals surface area contributed by atoms with Crippen molar-refractivity contribution in [1.29, 1.82) is 0 Å².